The molecule has 11 amide bonds. The smallest absolute Gasteiger partial charge is 0.408 e. The number of guanidine groups is 1. The van der Waals surface area contributed by atoms with Gasteiger partial charge in [0.15, 0.2) is 12.1 Å². The van der Waals surface area contributed by atoms with Crippen LogP contribution in [0, 0.1) is 17.8 Å². The first kappa shape index (κ1) is 73.6. The standard InChI is InChI=1S/C55H84N14O16.CH4/c1-9-28(6)36-49(79)65-37(30(8)71)50(80)60-29(7)45(75)67-41(43(73)44(56)74)53(83)63-35(24-70)48(78)66-38(32-19-14-11-15-20-32)39(69-55(84)85-25-31-17-12-10-13-18-31)51(81)68-40(42(72)27(4)5)52(82)62-34(23-26(2)3)47(77)61-33(46(76)64-36)21-16-22-59-54(57)58;/h10-15,17-20,26-30,33-43,70-73H,9,16,21-25H2,1-8H3,(H2,56,74)(H,60,80)(H,61,77)(H,62,82)(H,63,83)(H,64,76)(H,65,79)(H,66,78)(H,67,75)(H,68,81)(H,69,84)(H4,57,58,59);1H4/t28-,29+,30-,33+,34-,35-,36-,37-,38+,39-,40-,41?,42+,43-;/m0./s1. The fourth-order valence-corrected chi connectivity index (χ4v) is 8.57. The van der Waals surface area contributed by atoms with Gasteiger partial charge >= 0.3 is 6.09 Å². The number of ether oxygens (including phenoxy) is 1. The lowest BCUT2D eigenvalue weighted by atomic mass is 9.94. The summed E-state index contributed by atoms with van der Waals surface area (Å²) in [6.45, 7) is 10.3. The molecule has 1 aliphatic heterocycles. The van der Waals surface area contributed by atoms with Gasteiger partial charge in [-0.3, -0.25) is 52.9 Å². The molecule has 0 spiro atoms. The van der Waals surface area contributed by atoms with Crippen molar-refractivity contribution >= 4 is 71.1 Å². The quantitative estimate of drug-likeness (QED) is 0.0385. The third-order valence-corrected chi connectivity index (χ3v) is 13.7. The zero-order valence-electron chi connectivity index (χ0n) is 48.8. The summed E-state index contributed by atoms with van der Waals surface area (Å²) in [6.07, 6.45) is -7.20. The van der Waals surface area contributed by atoms with E-state index in [1.807, 2.05) is 0 Å². The van der Waals surface area contributed by atoms with Gasteiger partial charge in [-0.15, -0.1) is 0 Å². The second-order valence-electron chi connectivity index (χ2n) is 21.4. The van der Waals surface area contributed by atoms with Crippen LogP contribution in [0.25, 0.3) is 0 Å². The molecular formula is C56H88N14O16. The van der Waals surface area contributed by atoms with Crippen LogP contribution < -0.4 is 70.4 Å². The van der Waals surface area contributed by atoms with Crippen molar-refractivity contribution in [1.82, 2.24) is 53.2 Å². The fraction of sp³-hybridized carbons (Fsp3) is 0.571. The summed E-state index contributed by atoms with van der Waals surface area (Å²) in [7, 11) is 0. The third-order valence-electron chi connectivity index (χ3n) is 13.7. The normalized spacial score (nSPS) is 25.1. The lowest BCUT2D eigenvalue weighted by Crippen LogP contribution is -2.65. The number of aliphatic hydroxyl groups is 4. The second-order valence-corrected chi connectivity index (χ2v) is 21.4. The van der Waals surface area contributed by atoms with E-state index in [9.17, 15) is 68.4 Å². The molecule has 1 aliphatic rings. The second kappa shape index (κ2) is 35.7. The Kier molecular flexibility index (Phi) is 30.6. The lowest BCUT2D eigenvalue weighted by Gasteiger charge is -2.33. The number of aliphatic imine (C=N–C) groups is 1. The van der Waals surface area contributed by atoms with E-state index in [2.05, 4.69) is 58.2 Å². The van der Waals surface area contributed by atoms with Crippen LogP contribution in [0.4, 0.5) is 4.79 Å². The number of carbonyl (C=O) groups is 11. The van der Waals surface area contributed by atoms with Crippen molar-refractivity contribution in [3.8, 4) is 0 Å². The molecule has 478 valence electrons. The van der Waals surface area contributed by atoms with Crippen molar-refractivity contribution in [1.29, 1.82) is 0 Å². The van der Waals surface area contributed by atoms with E-state index in [1.54, 1.807) is 64.1 Å². The van der Waals surface area contributed by atoms with Crippen LogP contribution in [-0.4, -0.2) is 177 Å². The summed E-state index contributed by atoms with van der Waals surface area (Å²) in [5.74, 6) is -14.3. The maximum absolute atomic E-state index is 15.0. The first-order valence-electron chi connectivity index (χ1n) is 27.8. The Balaban J connectivity index is 0.0000252. The SMILES string of the molecule is C.CC[C@H](C)[C@@H]1NC(=O)[C@@H](CCCN=C(N)N)NC(=O)[C@H](CC(C)C)NC(=O)[C@H]([C@H](O)C(C)C)NC(=O)[C@@H](NC(=O)OCc2ccccc2)[C@@H](c2ccccc2)NC(=O)[C@H](CO)NC(=O)C([C@H](O)C(N)=O)NC(=O)[C@@H](C)NC(=O)[C@H]([C@H](C)O)NC1=O. The zero-order valence-corrected chi connectivity index (χ0v) is 48.8. The molecule has 0 bridgehead atoms. The number of nitrogens with two attached hydrogens (primary N) is 3. The van der Waals surface area contributed by atoms with E-state index in [4.69, 9.17) is 21.9 Å². The summed E-state index contributed by atoms with van der Waals surface area (Å²) >= 11 is 0. The number of carbonyl (C=O) groups excluding carboxylic acids is 11. The summed E-state index contributed by atoms with van der Waals surface area (Å²) in [5, 5.41) is 68.0. The topological polar surface area (TPSA) is 489 Å². The number of nitrogens with zero attached hydrogens (tertiary/aromatic N) is 1. The summed E-state index contributed by atoms with van der Waals surface area (Å²) in [6, 6.07) is -2.53. The molecule has 20 N–H and O–H groups in total. The average Bonchev–Trinajstić information content (AvgIpc) is 3.32. The number of aliphatic hydroxyl groups excluding tert-OH is 4. The molecule has 0 aliphatic carbocycles. The maximum atomic E-state index is 15.0. The molecular weight excluding hydrogens is 1120 g/mol. The molecule has 1 heterocycles. The van der Waals surface area contributed by atoms with Crippen molar-refractivity contribution in [2.75, 3.05) is 13.2 Å². The van der Waals surface area contributed by atoms with Gasteiger partial charge in [-0.2, -0.15) is 0 Å². The highest BCUT2D eigenvalue weighted by atomic mass is 16.5. The first-order chi connectivity index (χ1) is 40.0. The fourth-order valence-electron chi connectivity index (χ4n) is 8.57. The minimum atomic E-state index is -2.54. The molecule has 1 unspecified atom stereocenters. The number of amides is 11. The molecule has 3 rings (SSSR count). The molecule has 30 nitrogen and oxygen atoms in total. The Morgan fingerprint density at radius 3 is 1.66 bits per heavy atom. The van der Waals surface area contributed by atoms with Gasteiger partial charge in [0.05, 0.1) is 24.9 Å². The lowest BCUT2D eigenvalue weighted by molar-refractivity contribution is -0.141. The van der Waals surface area contributed by atoms with Crippen LogP contribution in [0.15, 0.2) is 65.7 Å². The zero-order chi connectivity index (χ0) is 63.8. The first-order valence-corrected chi connectivity index (χ1v) is 27.8. The van der Waals surface area contributed by atoms with Crippen LogP contribution in [0.5, 0.6) is 0 Å². The van der Waals surface area contributed by atoms with E-state index >= 15 is 4.79 Å². The summed E-state index contributed by atoms with van der Waals surface area (Å²) in [5.41, 5.74) is 17.0. The molecule has 0 aromatic heterocycles. The summed E-state index contributed by atoms with van der Waals surface area (Å²) < 4.78 is 5.46. The van der Waals surface area contributed by atoms with E-state index in [1.165, 1.54) is 38.1 Å². The predicted molar refractivity (Wildman–Crippen MR) is 312 cm³/mol. The summed E-state index contributed by atoms with van der Waals surface area (Å²) in [4.78, 5) is 159. The number of alkyl carbamates (subject to hydrolysis) is 1. The van der Waals surface area contributed by atoms with Crippen molar-refractivity contribution < 1.29 is 77.9 Å². The average molecular weight is 1210 g/mol. The Bertz CT molecular complexity index is 2650. The molecule has 1 fully saturated rings. The number of nitrogens with one attached hydrogen (secondary N) is 10. The van der Waals surface area contributed by atoms with Gasteiger partial charge in [0, 0.05) is 6.54 Å². The van der Waals surface area contributed by atoms with Crippen LogP contribution >= 0.6 is 0 Å². The molecule has 2 aromatic rings. The Hall–Kier alpha value is -8.48. The molecule has 86 heavy (non-hydrogen) atoms. The number of rotatable bonds is 18. The molecule has 1 saturated heterocycles. The Labute approximate surface area is 499 Å². The molecule has 30 heteroatoms. The van der Waals surface area contributed by atoms with E-state index < -0.39 is 162 Å². The van der Waals surface area contributed by atoms with Gasteiger partial charge in [0.2, 0.25) is 59.1 Å². The van der Waals surface area contributed by atoms with Gasteiger partial charge < -0.3 is 95.5 Å². The van der Waals surface area contributed by atoms with E-state index in [-0.39, 0.29) is 63.7 Å². The third kappa shape index (κ3) is 22.8. The van der Waals surface area contributed by atoms with Gasteiger partial charge in [0.1, 0.15) is 61.0 Å². The monoisotopic (exact) mass is 1210 g/mol. The number of hydrogen-bond donors (Lipinski definition) is 17. The molecule has 2 aromatic carbocycles. The minimum Gasteiger partial charge on any atom is -0.445 e. The number of hydrogen-bond acceptors (Lipinski definition) is 17. The van der Waals surface area contributed by atoms with Crippen LogP contribution in [0.3, 0.4) is 0 Å². The molecule has 14 atom stereocenters. The predicted octanol–water partition coefficient (Wildman–Crippen LogP) is -3.93. The maximum Gasteiger partial charge on any atom is 0.408 e. The van der Waals surface area contributed by atoms with Crippen molar-refractivity contribution in [2.24, 2.45) is 39.9 Å². The number of primary amides is 1. The van der Waals surface area contributed by atoms with Crippen molar-refractivity contribution in [3.63, 3.8) is 0 Å². The van der Waals surface area contributed by atoms with Crippen molar-refractivity contribution in [2.45, 2.75) is 174 Å². The van der Waals surface area contributed by atoms with Crippen LogP contribution in [0.2, 0.25) is 0 Å². The van der Waals surface area contributed by atoms with Crippen LogP contribution in [-0.2, 0) is 59.3 Å². The number of benzene rings is 2. The van der Waals surface area contributed by atoms with Gasteiger partial charge in [-0.1, -0.05) is 116 Å². The molecule has 0 radical (unpaired) electrons. The van der Waals surface area contributed by atoms with Gasteiger partial charge in [0.25, 0.3) is 0 Å². The van der Waals surface area contributed by atoms with E-state index in [0.717, 1.165) is 13.8 Å². The van der Waals surface area contributed by atoms with Gasteiger partial charge in [-0.25, -0.2) is 4.79 Å². The van der Waals surface area contributed by atoms with Gasteiger partial charge in [-0.05, 0) is 62.0 Å². The van der Waals surface area contributed by atoms with Crippen molar-refractivity contribution in [3.05, 3.63) is 71.8 Å². The highest BCUT2D eigenvalue weighted by molar-refractivity contribution is 6.00. The highest BCUT2D eigenvalue weighted by Crippen LogP contribution is 2.21. The largest absolute Gasteiger partial charge is 0.445 e. The molecule has 0 saturated carbocycles. The highest BCUT2D eigenvalue weighted by Gasteiger charge is 2.42. The Morgan fingerprint density at radius 2 is 1.12 bits per heavy atom. The van der Waals surface area contributed by atoms with E-state index in [0.29, 0.717) is 5.56 Å². The van der Waals surface area contributed by atoms with Crippen LogP contribution in [0.1, 0.15) is 106 Å². The Morgan fingerprint density at radius 1 is 0.616 bits per heavy atom. The minimum absolute atomic E-state index is 0.